The predicted molar refractivity (Wildman–Crippen MR) is 54.5 cm³/mol. The molecule has 0 aromatic rings. The number of likely N-dealkylation sites (tertiary alicyclic amines) is 1. The average molecular weight is 186 g/mol. The van der Waals surface area contributed by atoms with Gasteiger partial charge in [-0.3, -0.25) is 4.90 Å². The minimum absolute atomic E-state index is 0.227. The molecule has 0 aromatic carbocycles. The van der Waals surface area contributed by atoms with Crippen molar-refractivity contribution in [1.29, 1.82) is 0 Å². The highest BCUT2D eigenvalue weighted by Crippen LogP contribution is 2.18. The van der Waals surface area contributed by atoms with E-state index in [1.807, 2.05) is 6.92 Å². The SMILES string of the molecule is CC(O)C(C)N1CCC(CN)CC1. The van der Waals surface area contributed by atoms with Crippen LogP contribution in [-0.4, -0.2) is 41.8 Å². The third-order valence-electron chi connectivity index (χ3n) is 3.26. The number of rotatable bonds is 3. The molecule has 3 nitrogen and oxygen atoms in total. The summed E-state index contributed by atoms with van der Waals surface area (Å²) < 4.78 is 0. The molecule has 0 aliphatic carbocycles. The standard InChI is InChI=1S/C10H22N2O/c1-8(9(2)13)12-5-3-10(7-11)4-6-12/h8-10,13H,3-7,11H2,1-2H3. The molecule has 1 heterocycles. The van der Waals surface area contributed by atoms with Crippen molar-refractivity contribution in [3.8, 4) is 0 Å². The maximum atomic E-state index is 9.43. The van der Waals surface area contributed by atoms with E-state index >= 15 is 0 Å². The van der Waals surface area contributed by atoms with Gasteiger partial charge < -0.3 is 10.8 Å². The van der Waals surface area contributed by atoms with Crippen LogP contribution in [0.2, 0.25) is 0 Å². The van der Waals surface area contributed by atoms with Crippen molar-refractivity contribution >= 4 is 0 Å². The summed E-state index contributed by atoms with van der Waals surface area (Å²) >= 11 is 0. The molecule has 1 rings (SSSR count). The van der Waals surface area contributed by atoms with Gasteiger partial charge >= 0.3 is 0 Å². The van der Waals surface area contributed by atoms with Crippen molar-refractivity contribution in [2.75, 3.05) is 19.6 Å². The highest BCUT2D eigenvalue weighted by atomic mass is 16.3. The Hall–Kier alpha value is -0.120. The molecule has 1 aliphatic heterocycles. The van der Waals surface area contributed by atoms with Crippen molar-refractivity contribution in [2.24, 2.45) is 11.7 Å². The molecule has 0 amide bonds. The summed E-state index contributed by atoms with van der Waals surface area (Å²) in [5.74, 6) is 0.706. The fraction of sp³-hybridized carbons (Fsp3) is 1.00. The minimum Gasteiger partial charge on any atom is -0.392 e. The Morgan fingerprint density at radius 3 is 2.31 bits per heavy atom. The lowest BCUT2D eigenvalue weighted by Crippen LogP contribution is -2.45. The Kier molecular flexibility index (Phi) is 4.16. The van der Waals surface area contributed by atoms with Crippen LogP contribution in [0.25, 0.3) is 0 Å². The van der Waals surface area contributed by atoms with Gasteiger partial charge in [0.15, 0.2) is 0 Å². The van der Waals surface area contributed by atoms with Gasteiger partial charge in [-0.15, -0.1) is 0 Å². The molecular weight excluding hydrogens is 164 g/mol. The summed E-state index contributed by atoms with van der Waals surface area (Å²) in [5, 5.41) is 9.43. The van der Waals surface area contributed by atoms with Crippen molar-refractivity contribution in [3.05, 3.63) is 0 Å². The van der Waals surface area contributed by atoms with Crippen LogP contribution < -0.4 is 5.73 Å². The molecule has 13 heavy (non-hydrogen) atoms. The van der Waals surface area contributed by atoms with Crippen LogP contribution in [0.5, 0.6) is 0 Å². The zero-order valence-electron chi connectivity index (χ0n) is 8.74. The first-order valence-electron chi connectivity index (χ1n) is 5.27. The molecule has 1 aliphatic rings. The monoisotopic (exact) mass is 186 g/mol. The maximum Gasteiger partial charge on any atom is 0.0664 e. The number of nitrogens with zero attached hydrogens (tertiary/aromatic N) is 1. The Labute approximate surface area is 80.9 Å². The zero-order chi connectivity index (χ0) is 9.84. The van der Waals surface area contributed by atoms with E-state index < -0.39 is 0 Å². The molecule has 2 atom stereocenters. The van der Waals surface area contributed by atoms with Crippen LogP contribution in [-0.2, 0) is 0 Å². The molecule has 0 spiro atoms. The summed E-state index contributed by atoms with van der Waals surface area (Å²) in [6, 6.07) is 0.290. The van der Waals surface area contributed by atoms with Crippen LogP contribution in [0.1, 0.15) is 26.7 Å². The number of aliphatic hydroxyl groups excluding tert-OH is 1. The second-order valence-electron chi connectivity index (χ2n) is 4.20. The summed E-state index contributed by atoms with van der Waals surface area (Å²) in [5.41, 5.74) is 5.62. The second kappa shape index (κ2) is 4.94. The first kappa shape index (κ1) is 11.0. The van der Waals surface area contributed by atoms with E-state index in [4.69, 9.17) is 5.73 Å². The lowest BCUT2D eigenvalue weighted by atomic mass is 9.95. The molecule has 3 heteroatoms. The Morgan fingerprint density at radius 2 is 1.92 bits per heavy atom. The van der Waals surface area contributed by atoms with Gasteiger partial charge in [-0.05, 0) is 52.2 Å². The van der Waals surface area contributed by atoms with Crippen molar-refractivity contribution in [2.45, 2.75) is 38.8 Å². The highest BCUT2D eigenvalue weighted by Gasteiger charge is 2.23. The maximum absolute atomic E-state index is 9.43. The first-order chi connectivity index (χ1) is 6.15. The summed E-state index contributed by atoms with van der Waals surface area (Å²) in [7, 11) is 0. The zero-order valence-corrected chi connectivity index (χ0v) is 8.74. The van der Waals surface area contributed by atoms with E-state index in [0.717, 1.165) is 19.6 Å². The third kappa shape index (κ3) is 2.93. The number of hydrogen-bond donors (Lipinski definition) is 2. The molecule has 78 valence electrons. The molecule has 1 fully saturated rings. The number of piperidine rings is 1. The van der Waals surface area contributed by atoms with Gasteiger partial charge in [-0.2, -0.15) is 0 Å². The number of hydrogen-bond acceptors (Lipinski definition) is 3. The summed E-state index contributed by atoms with van der Waals surface area (Å²) in [6.45, 7) is 6.95. The van der Waals surface area contributed by atoms with E-state index in [1.54, 1.807) is 0 Å². The molecule has 0 aromatic heterocycles. The van der Waals surface area contributed by atoms with Gasteiger partial charge in [0, 0.05) is 6.04 Å². The third-order valence-corrected chi connectivity index (χ3v) is 3.26. The van der Waals surface area contributed by atoms with Crippen molar-refractivity contribution < 1.29 is 5.11 Å². The van der Waals surface area contributed by atoms with Crippen LogP contribution in [0.4, 0.5) is 0 Å². The molecular formula is C10H22N2O. The van der Waals surface area contributed by atoms with Gasteiger partial charge in [-0.1, -0.05) is 0 Å². The van der Waals surface area contributed by atoms with Crippen molar-refractivity contribution in [1.82, 2.24) is 4.90 Å². The molecule has 2 unspecified atom stereocenters. The average Bonchev–Trinajstić information content (AvgIpc) is 2.17. The largest absolute Gasteiger partial charge is 0.392 e. The van der Waals surface area contributed by atoms with E-state index in [0.29, 0.717) is 12.0 Å². The van der Waals surface area contributed by atoms with Crippen LogP contribution in [0.15, 0.2) is 0 Å². The van der Waals surface area contributed by atoms with Gasteiger partial charge in [0.25, 0.3) is 0 Å². The fourth-order valence-electron chi connectivity index (χ4n) is 1.90. The summed E-state index contributed by atoms with van der Waals surface area (Å²) in [6.07, 6.45) is 2.15. The molecule has 0 radical (unpaired) electrons. The van der Waals surface area contributed by atoms with Crippen molar-refractivity contribution in [3.63, 3.8) is 0 Å². The number of aliphatic hydroxyl groups is 1. The lowest BCUT2D eigenvalue weighted by Gasteiger charge is -2.36. The van der Waals surface area contributed by atoms with Gasteiger partial charge in [0.2, 0.25) is 0 Å². The van der Waals surface area contributed by atoms with E-state index in [-0.39, 0.29) is 6.10 Å². The van der Waals surface area contributed by atoms with Gasteiger partial charge in [0.1, 0.15) is 0 Å². The molecule has 3 N–H and O–H groups in total. The van der Waals surface area contributed by atoms with Crippen LogP contribution in [0.3, 0.4) is 0 Å². The smallest absolute Gasteiger partial charge is 0.0664 e. The normalized spacial score (nSPS) is 25.8. The quantitative estimate of drug-likeness (QED) is 0.672. The van der Waals surface area contributed by atoms with E-state index in [2.05, 4.69) is 11.8 Å². The van der Waals surface area contributed by atoms with Gasteiger partial charge in [0.05, 0.1) is 6.10 Å². The van der Waals surface area contributed by atoms with Gasteiger partial charge in [-0.25, -0.2) is 0 Å². The molecule has 0 saturated carbocycles. The number of nitrogens with two attached hydrogens (primary N) is 1. The van der Waals surface area contributed by atoms with E-state index in [1.165, 1.54) is 12.8 Å². The lowest BCUT2D eigenvalue weighted by molar-refractivity contribution is 0.0491. The fourth-order valence-corrected chi connectivity index (χ4v) is 1.90. The second-order valence-corrected chi connectivity index (χ2v) is 4.20. The molecule has 1 saturated heterocycles. The van der Waals surface area contributed by atoms with E-state index in [9.17, 15) is 5.11 Å². The Morgan fingerprint density at radius 1 is 1.38 bits per heavy atom. The highest BCUT2D eigenvalue weighted by molar-refractivity contribution is 4.78. The Balaban J connectivity index is 2.32. The molecule has 0 bridgehead atoms. The van der Waals surface area contributed by atoms with Crippen LogP contribution >= 0.6 is 0 Å². The Bertz CT molecular complexity index is 142. The minimum atomic E-state index is -0.227. The van der Waals surface area contributed by atoms with Crippen LogP contribution in [0, 0.1) is 5.92 Å². The summed E-state index contributed by atoms with van der Waals surface area (Å²) in [4.78, 5) is 2.36. The first-order valence-corrected chi connectivity index (χ1v) is 5.27. The topological polar surface area (TPSA) is 49.5 Å². The predicted octanol–water partition coefficient (Wildman–Crippen LogP) is 0.426.